The van der Waals surface area contributed by atoms with Gasteiger partial charge in [0.15, 0.2) is 5.82 Å². The Kier molecular flexibility index (Phi) is 6.59. The van der Waals surface area contributed by atoms with Crippen molar-refractivity contribution in [3.05, 3.63) is 72.8 Å². The monoisotopic (exact) mass is 416 g/mol. The van der Waals surface area contributed by atoms with Gasteiger partial charge in [-0.3, -0.25) is 14.6 Å². The van der Waals surface area contributed by atoms with E-state index < -0.39 is 0 Å². The van der Waals surface area contributed by atoms with E-state index in [4.69, 9.17) is 0 Å². The molecule has 31 heavy (non-hydrogen) atoms. The van der Waals surface area contributed by atoms with Crippen LogP contribution in [0.3, 0.4) is 0 Å². The standard InChI is InChI=1S/C23H24N6O2/c30-21(15-18-3-1-8-25-16-18)29(17-22(31)28-13-11-24-12-14-28)20-6-4-19(5-7-20)23-26-9-2-10-27-23/h1-10,16,24H,11-15,17H2. The lowest BCUT2D eigenvalue weighted by atomic mass is 10.1. The number of anilines is 1. The van der Waals surface area contributed by atoms with Crippen LogP contribution < -0.4 is 10.2 Å². The van der Waals surface area contributed by atoms with Crippen molar-refractivity contribution in [3.8, 4) is 11.4 Å². The van der Waals surface area contributed by atoms with Gasteiger partial charge in [-0.05, 0) is 42.0 Å². The van der Waals surface area contributed by atoms with Crippen LogP contribution in [0.2, 0.25) is 0 Å². The average Bonchev–Trinajstić information content (AvgIpc) is 2.84. The second-order valence-corrected chi connectivity index (χ2v) is 7.27. The number of hydrogen-bond acceptors (Lipinski definition) is 6. The van der Waals surface area contributed by atoms with E-state index in [9.17, 15) is 9.59 Å². The summed E-state index contributed by atoms with van der Waals surface area (Å²) in [5, 5.41) is 3.24. The summed E-state index contributed by atoms with van der Waals surface area (Å²) in [5.41, 5.74) is 2.32. The predicted molar refractivity (Wildman–Crippen MR) is 117 cm³/mol. The number of rotatable bonds is 6. The number of nitrogens with one attached hydrogen (secondary N) is 1. The van der Waals surface area contributed by atoms with Crippen LogP contribution in [0.15, 0.2) is 67.3 Å². The maximum Gasteiger partial charge on any atom is 0.242 e. The van der Waals surface area contributed by atoms with E-state index in [0.717, 1.165) is 24.2 Å². The highest BCUT2D eigenvalue weighted by Gasteiger charge is 2.24. The van der Waals surface area contributed by atoms with Gasteiger partial charge in [-0.2, -0.15) is 0 Å². The lowest BCUT2D eigenvalue weighted by Crippen LogP contribution is -2.50. The highest BCUT2D eigenvalue weighted by molar-refractivity contribution is 5.99. The molecule has 1 N–H and O–H groups in total. The largest absolute Gasteiger partial charge is 0.339 e. The van der Waals surface area contributed by atoms with Crippen molar-refractivity contribution in [2.75, 3.05) is 37.6 Å². The van der Waals surface area contributed by atoms with Crippen molar-refractivity contribution in [3.63, 3.8) is 0 Å². The molecule has 2 amide bonds. The van der Waals surface area contributed by atoms with Crippen molar-refractivity contribution in [2.45, 2.75) is 6.42 Å². The van der Waals surface area contributed by atoms with Gasteiger partial charge < -0.3 is 15.1 Å². The lowest BCUT2D eigenvalue weighted by Gasteiger charge is -2.30. The first kappa shape index (κ1) is 20.6. The van der Waals surface area contributed by atoms with Gasteiger partial charge in [0.25, 0.3) is 0 Å². The first-order chi connectivity index (χ1) is 15.2. The number of amides is 2. The Bertz CT molecular complexity index is 1010. The van der Waals surface area contributed by atoms with Gasteiger partial charge in [0.2, 0.25) is 11.8 Å². The maximum atomic E-state index is 13.2. The fraction of sp³-hybridized carbons (Fsp3) is 0.261. The first-order valence-corrected chi connectivity index (χ1v) is 10.3. The Balaban J connectivity index is 1.56. The number of piperazine rings is 1. The molecule has 4 rings (SSSR count). The molecule has 0 radical (unpaired) electrons. The number of nitrogens with zero attached hydrogens (tertiary/aromatic N) is 5. The van der Waals surface area contributed by atoms with Crippen molar-refractivity contribution >= 4 is 17.5 Å². The molecule has 3 heterocycles. The second kappa shape index (κ2) is 9.90. The highest BCUT2D eigenvalue weighted by Crippen LogP contribution is 2.21. The summed E-state index contributed by atoms with van der Waals surface area (Å²) in [4.78, 5) is 42.0. The third-order valence-electron chi connectivity index (χ3n) is 5.15. The molecule has 1 saturated heterocycles. The van der Waals surface area contributed by atoms with Crippen molar-refractivity contribution in [1.29, 1.82) is 0 Å². The Hall–Kier alpha value is -3.65. The van der Waals surface area contributed by atoms with Gasteiger partial charge in [0.05, 0.1) is 6.42 Å². The highest BCUT2D eigenvalue weighted by atomic mass is 16.2. The fourth-order valence-corrected chi connectivity index (χ4v) is 3.48. The molecule has 0 atom stereocenters. The Labute approximate surface area is 181 Å². The molecule has 1 fully saturated rings. The molecule has 1 aliphatic rings. The molecule has 3 aromatic rings. The topological polar surface area (TPSA) is 91.3 Å². The van der Waals surface area contributed by atoms with E-state index in [1.165, 1.54) is 0 Å². The average molecular weight is 416 g/mol. The van der Waals surface area contributed by atoms with E-state index in [1.54, 1.807) is 46.7 Å². The Morgan fingerprint density at radius 1 is 0.968 bits per heavy atom. The summed E-state index contributed by atoms with van der Waals surface area (Å²) in [6.45, 7) is 2.82. The van der Waals surface area contributed by atoms with Crippen molar-refractivity contribution in [1.82, 2.24) is 25.2 Å². The molecule has 158 valence electrons. The molecule has 0 unspecified atom stereocenters. The smallest absolute Gasteiger partial charge is 0.242 e. The van der Waals surface area contributed by atoms with Crippen LogP contribution in [0.25, 0.3) is 11.4 Å². The molecule has 1 aliphatic heterocycles. The molecule has 2 aromatic heterocycles. The summed E-state index contributed by atoms with van der Waals surface area (Å²) >= 11 is 0. The van der Waals surface area contributed by atoms with Crippen LogP contribution in [0.4, 0.5) is 5.69 Å². The van der Waals surface area contributed by atoms with E-state index in [0.29, 0.717) is 24.6 Å². The molecular weight excluding hydrogens is 392 g/mol. The fourth-order valence-electron chi connectivity index (χ4n) is 3.48. The number of carbonyl (C=O) groups excluding carboxylic acids is 2. The van der Waals surface area contributed by atoms with Crippen LogP contribution in [0.5, 0.6) is 0 Å². The summed E-state index contributed by atoms with van der Waals surface area (Å²) < 4.78 is 0. The van der Waals surface area contributed by atoms with E-state index in [2.05, 4.69) is 20.3 Å². The minimum Gasteiger partial charge on any atom is -0.339 e. The number of carbonyl (C=O) groups is 2. The number of pyridine rings is 1. The first-order valence-electron chi connectivity index (χ1n) is 10.3. The van der Waals surface area contributed by atoms with Gasteiger partial charge in [-0.1, -0.05) is 6.07 Å². The van der Waals surface area contributed by atoms with Crippen molar-refractivity contribution in [2.24, 2.45) is 0 Å². The minimum atomic E-state index is -0.153. The van der Waals surface area contributed by atoms with E-state index in [1.807, 2.05) is 30.3 Å². The third-order valence-corrected chi connectivity index (χ3v) is 5.15. The molecule has 0 saturated carbocycles. The molecule has 0 spiro atoms. The van der Waals surface area contributed by atoms with E-state index in [-0.39, 0.29) is 24.8 Å². The van der Waals surface area contributed by atoms with Gasteiger partial charge in [-0.25, -0.2) is 9.97 Å². The third kappa shape index (κ3) is 5.29. The molecule has 1 aromatic carbocycles. The van der Waals surface area contributed by atoms with Crippen LogP contribution in [0, 0.1) is 0 Å². The summed E-state index contributed by atoms with van der Waals surface area (Å²) in [6.07, 6.45) is 6.89. The summed E-state index contributed by atoms with van der Waals surface area (Å²) in [5.74, 6) is 0.399. The number of aromatic nitrogens is 3. The zero-order valence-corrected chi connectivity index (χ0v) is 17.1. The van der Waals surface area contributed by atoms with Crippen molar-refractivity contribution < 1.29 is 9.59 Å². The van der Waals surface area contributed by atoms with Gasteiger partial charge in [0, 0.05) is 62.2 Å². The quantitative estimate of drug-likeness (QED) is 0.656. The zero-order chi connectivity index (χ0) is 21.5. The van der Waals surface area contributed by atoms with Gasteiger partial charge in [-0.15, -0.1) is 0 Å². The summed E-state index contributed by atoms with van der Waals surface area (Å²) in [6, 6.07) is 12.8. The number of hydrogen-bond donors (Lipinski definition) is 1. The SMILES string of the molecule is O=C(CN(C(=O)Cc1cccnc1)c1ccc(-c2ncccn2)cc1)N1CCNCC1. The van der Waals surface area contributed by atoms with Gasteiger partial charge >= 0.3 is 0 Å². The molecule has 0 bridgehead atoms. The zero-order valence-electron chi connectivity index (χ0n) is 17.1. The minimum absolute atomic E-state index is 0.000277. The Morgan fingerprint density at radius 2 is 1.71 bits per heavy atom. The van der Waals surface area contributed by atoms with Crippen LogP contribution in [-0.4, -0.2) is 64.4 Å². The van der Waals surface area contributed by atoms with Crippen LogP contribution >= 0.6 is 0 Å². The normalized spacial score (nSPS) is 13.6. The predicted octanol–water partition coefficient (Wildman–Crippen LogP) is 1.55. The molecule has 8 heteroatoms. The second-order valence-electron chi connectivity index (χ2n) is 7.27. The summed E-state index contributed by atoms with van der Waals surface area (Å²) in [7, 11) is 0. The van der Waals surface area contributed by atoms with Crippen LogP contribution in [-0.2, 0) is 16.0 Å². The Morgan fingerprint density at radius 3 is 2.39 bits per heavy atom. The molecule has 0 aliphatic carbocycles. The maximum absolute atomic E-state index is 13.2. The molecular formula is C23H24N6O2. The molecule has 8 nitrogen and oxygen atoms in total. The lowest BCUT2D eigenvalue weighted by molar-refractivity contribution is -0.131. The van der Waals surface area contributed by atoms with Crippen LogP contribution in [0.1, 0.15) is 5.56 Å². The van der Waals surface area contributed by atoms with E-state index >= 15 is 0 Å². The number of benzene rings is 1. The van der Waals surface area contributed by atoms with Gasteiger partial charge in [0.1, 0.15) is 6.54 Å².